The zero-order chi connectivity index (χ0) is 13.2. The van der Waals surface area contributed by atoms with Gasteiger partial charge in [0.25, 0.3) is 0 Å². The first kappa shape index (κ1) is 13.1. The summed E-state index contributed by atoms with van der Waals surface area (Å²) in [5, 5.41) is 18.5. The lowest BCUT2D eigenvalue weighted by Gasteiger charge is -2.34. The van der Waals surface area contributed by atoms with Gasteiger partial charge in [0.2, 0.25) is 0 Å². The predicted octanol–water partition coefficient (Wildman–Crippen LogP) is 1.52. The predicted molar refractivity (Wildman–Crippen MR) is 72.8 cm³/mol. The summed E-state index contributed by atoms with van der Waals surface area (Å²) in [5.41, 5.74) is 0. The maximum atomic E-state index is 9.94. The Bertz CT molecular complexity index is 431. The van der Waals surface area contributed by atoms with Crippen LogP contribution in [0.5, 0.6) is 0 Å². The van der Waals surface area contributed by atoms with Crippen molar-refractivity contribution in [2.75, 3.05) is 13.1 Å². The molecule has 0 radical (unpaired) electrons. The highest BCUT2D eigenvalue weighted by atomic mass is 16.3. The Morgan fingerprint density at radius 3 is 2.89 bits per heavy atom. The molecule has 3 rings (SSSR count). The summed E-state index contributed by atoms with van der Waals surface area (Å²) in [6, 6.07) is 0.603. The van der Waals surface area contributed by atoms with Crippen LogP contribution in [0.4, 0.5) is 0 Å². The topological polar surface area (TPSA) is 54.2 Å². The average molecular weight is 264 g/mol. The second kappa shape index (κ2) is 5.59. The highest BCUT2D eigenvalue weighted by Crippen LogP contribution is 2.26. The second-order valence-electron chi connectivity index (χ2n) is 5.77. The number of rotatable bonds is 3. The molecule has 1 fully saturated rings. The number of nitrogens with zero attached hydrogens (tertiary/aromatic N) is 4. The van der Waals surface area contributed by atoms with Gasteiger partial charge in [0.05, 0.1) is 0 Å². The minimum atomic E-state index is -0.413. The summed E-state index contributed by atoms with van der Waals surface area (Å²) in [6.45, 7) is 5.54. The largest absolute Gasteiger partial charge is 0.385 e. The van der Waals surface area contributed by atoms with Gasteiger partial charge in [-0.1, -0.05) is 13.3 Å². The van der Waals surface area contributed by atoms with Crippen LogP contribution in [0.25, 0.3) is 0 Å². The molecule has 0 aliphatic carbocycles. The van der Waals surface area contributed by atoms with E-state index in [1.807, 2.05) is 0 Å². The van der Waals surface area contributed by atoms with Crippen molar-refractivity contribution in [1.82, 2.24) is 19.7 Å². The highest BCUT2D eigenvalue weighted by Gasteiger charge is 2.27. The molecule has 5 nitrogen and oxygen atoms in total. The number of likely N-dealkylation sites (tertiary alicyclic amines) is 1. The minimum absolute atomic E-state index is 0.413. The van der Waals surface area contributed by atoms with Gasteiger partial charge in [-0.25, -0.2) is 0 Å². The summed E-state index contributed by atoms with van der Waals surface area (Å²) < 4.78 is 2.15. The first-order valence-corrected chi connectivity index (χ1v) is 7.63. The van der Waals surface area contributed by atoms with Crippen molar-refractivity contribution < 1.29 is 5.11 Å². The molecule has 1 saturated heterocycles. The monoisotopic (exact) mass is 264 g/mol. The summed E-state index contributed by atoms with van der Waals surface area (Å²) >= 11 is 0. The zero-order valence-electron chi connectivity index (χ0n) is 11.8. The third-order valence-corrected chi connectivity index (χ3v) is 4.59. The quantitative estimate of drug-likeness (QED) is 0.899. The molecule has 1 aromatic heterocycles. The molecule has 106 valence electrons. The van der Waals surface area contributed by atoms with Crippen molar-refractivity contribution in [3.63, 3.8) is 0 Å². The molecular formula is C14H24N4O. The molecule has 0 bridgehead atoms. The maximum absolute atomic E-state index is 9.94. The van der Waals surface area contributed by atoms with Crippen LogP contribution in [0.2, 0.25) is 0 Å². The molecule has 0 saturated carbocycles. The number of hydrogen-bond donors (Lipinski definition) is 1. The van der Waals surface area contributed by atoms with Crippen molar-refractivity contribution in [3.05, 3.63) is 11.6 Å². The van der Waals surface area contributed by atoms with E-state index in [0.717, 1.165) is 44.0 Å². The lowest BCUT2D eigenvalue weighted by atomic mass is 9.99. The van der Waals surface area contributed by atoms with Crippen LogP contribution in [0, 0.1) is 0 Å². The zero-order valence-corrected chi connectivity index (χ0v) is 11.8. The molecule has 5 heteroatoms. The third-order valence-electron chi connectivity index (χ3n) is 4.59. The van der Waals surface area contributed by atoms with Gasteiger partial charge in [-0.3, -0.25) is 0 Å². The van der Waals surface area contributed by atoms with Crippen LogP contribution in [-0.4, -0.2) is 43.9 Å². The molecule has 2 aliphatic heterocycles. The molecule has 1 N–H and O–H groups in total. The SMILES string of the molecule is CCN1CCCCC1Cc1nnc2n1CCCC2O. The van der Waals surface area contributed by atoms with E-state index in [2.05, 4.69) is 26.6 Å². The van der Waals surface area contributed by atoms with Crippen LogP contribution >= 0.6 is 0 Å². The fraction of sp³-hybridized carbons (Fsp3) is 0.857. The molecule has 2 aliphatic rings. The number of piperidine rings is 1. The van der Waals surface area contributed by atoms with E-state index in [1.54, 1.807) is 0 Å². The normalized spacial score (nSPS) is 28.3. The van der Waals surface area contributed by atoms with Crippen molar-refractivity contribution in [2.45, 2.75) is 64.1 Å². The van der Waals surface area contributed by atoms with Gasteiger partial charge in [0, 0.05) is 19.0 Å². The van der Waals surface area contributed by atoms with Gasteiger partial charge in [-0.05, 0) is 38.8 Å². The Morgan fingerprint density at radius 2 is 2.05 bits per heavy atom. The lowest BCUT2D eigenvalue weighted by Crippen LogP contribution is -2.41. The van der Waals surface area contributed by atoms with E-state index in [1.165, 1.54) is 25.8 Å². The van der Waals surface area contributed by atoms with Crippen molar-refractivity contribution in [1.29, 1.82) is 0 Å². The standard InChI is InChI=1S/C14H24N4O/c1-2-17-8-4-3-6-11(17)10-13-15-16-14-12(19)7-5-9-18(13)14/h11-12,19H,2-10H2,1H3. The molecule has 1 aromatic rings. The van der Waals surface area contributed by atoms with Gasteiger partial charge >= 0.3 is 0 Å². The van der Waals surface area contributed by atoms with Gasteiger partial charge in [-0.2, -0.15) is 0 Å². The Kier molecular flexibility index (Phi) is 3.84. The summed E-state index contributed by atoms with van der Waals surface area (Å²) in [4.78, 5) is 2.56. The van der Waals surface area contributed by atoms with Crippen molar-refractivity contribution >= 4 is 0 Å². The van der Waals surface area contributed by atoms with E-state index >= 15 is 0 Å². The fourth-order valence-corrected chi connectivity index (χ4v) is 3.48. The molecule has 0 amide bonds. The van der Waals surface area contributed by atoms with Crippen LogP contribution in [0.1, 0.15) is 56.8 Å². The molecule has 19 heavy (non-hydrogen) atoms. The summed E-state index contributed by atoms with van der Waals surface area (Å²) in [5.74, 6) is 1.85. The van der Waals surface area contributed by atoms with Gasteiger partial charge in [-0.15, -0.1) is 10.2 Å². The van der Waals surface area contributed by atoms with Gasteiger partial charge < -0.3 is 14.6 Å². The third kappa shape index (κ3) is 2.54. The molecule has 0 spiro atoms. The van der Waals surface area contributed by atoms with Gasteiger partial charge in [0.15, 0.2) is 5.82 Å². The van der Waals surface area contributed by atoms with Gasteiger partial charge in [0.1, 0.15) is 11.9 Å². The highest BCUT2D eigenvalue weighted by molar-refractivity contribution is 5.04. The van der Waals surface area contributed by atoms with Crippen LogP contribution < -0.4 is 0 Å². The van der Waals surface area contributed by atoms with E-state index in [0.29, 0.717) is 6.04 Å². The lowest BCUT2D eigenvalue weighted by molar-refractivity contribution is 0.130. The minimum Gasteiger partial charge on any atom is -0.385 e. The molecule has 0 aromatic carbocycles. The molecule has 3 heterocycles. The number of aliphatic hydroxyl groups is 1. The van der Waals surface area contributed by atoms with E-state index in [4.69, 9.17) is 0 Å². The summed E-state index contributed by atoms with van der Waals surface area (Å²) in [7, 11) is 0. The first-order chi connectivity index (χ1) is 9.29. The Hall–Kier alpha value is -0.940. The number of fused-ring (bicyclic) bond motifs is 1. The van der Waals surface area contributed by atoms with Crippen LogP contribution in [0.15, 0.2) is 0 Å². The Labute approximate surface area is 114 Å². The number of likely N-dealkylation sites (N-methyl/N-ethyl adjacent to an activating group) is 1. The van der Waals surface area contributed by atoms with Crippen LogP contribution in [-0.2, 0) is 13.0 Å². The maximum Gasteiger partial charge on any atom is 0.161 e. The number of hydrogen-bond acceptors (Lipinski definition) is 4. The second-order valence-corrected chi connectivity index (χ2v) is 5.77. The smallest absolute Gasteiger partial charge is 0.161 e. The first-order valence-electron chi connectivity index (χ1n) is 7.63. The van der Waals surface area contributed by atoms with E-state index in [9.17, 15) is 5.11 Å². The molecular weight excluding hydrogens is 240 g/mol. The van der Waals surface area contributed by atoms with E-state index in [-0.39, 0.29) is 0 Å². The fourth-order valence-electron chi connectivity index (χ4n) is 3.48. The summed E-state index contributed by atoms with van der Waals surface area (Å²) in [6.07, 6.45) is 6.32. The average Bonchev–Trinajstić information content (AvgIpc) is 2.84. The molecule has 2 unspecified atom stereocenters. The van der Waals surface area contributed by atoms with Crippen molar-refractivity contribution in [3.8, 4) is 0 Å². The Morgan fingerprint density at radius 1 is 1.16 bits per heavy atom. The molecule has 2 atom stereocenters. The van der Waals surface area contributed by atoms with Crippen molar-refractivity contribution in [2.24, 2.45) is 0 Å². The van der Waals surface area contributed by atoms with E-state index < -0.39 is 6.10 Å². The number of aromatic nitrogens is 3. The number of aliphatic hydroxyl groups excluding tert-OH is 1. The Balaban J connectivity index is 1.76. The van der Waals surface area contributed by atoms with Crippen LogP contribution in [0.3, 0.4) is 0 Å².